The van der Waals surface area contributed by atoms with Crippen LogP contribution in [0.3, 0.4) is 0 Å². The van der Waals surface area contributed by atoms with E-state index in [9.17, 15) is 4.79 Å². The molecule has 1 heterocycles. The molecule has 0 bridgehead atoms. The normalized spacial score (nSPS) is 17.8. The van der Waals surface area contributed by atoms with Gasteiger partial charge < -0.3 is 10.6 Å². The minimum Gasteiger partial charge on any atom is -0.334 e. The molecule has 15 heavy (non-hydrogen) atoms. The summed E-state index contributed by atoms with van der Waals surface area (Å²) in [6.45, 7) is 6.52. The predicted octanol–water partition coefficient (Wildman–Crippen LogP) is 0.625. The number of hydrogen-bond acceptors (Lipinski definition) is 3. The lowest BCUT2D eigenvalue weighted by Gasteiger charge is -2.22. The Balaban J connectivity index is 2.02. The Morgan fingerprint density at radius 2 is 2.13 bits per heavy atom. The molecular formula is C10H21N3O2. The molecule has 3 N–H and O–H groups in total. The molecule has 5 heteroatoms. The second kappa shape index (κ2) is 6.63. The lowest BCUT2D eigenvalue weighted by atomic mass is 10.00. The first-order chi connectivity index (χ1) is 7.18. The number of carbonyl (C=O) groups is 1. The number of hydrogen-bond donors (Lipinski definition) is 3. The predicted molar refractivity (Wildman–Crippen MR) is 58.3 cm³/mol. The fraction of sp³-hybridized carbons (Fsp3) is 0.900. The number of nitrogens with one attached hydrogen (secondary N) is 3. The average molecular weight is 215 g/mol. The average Bonchev–Trinajstić information content (AvgIpc) is 2.18. The highest BCUT2D eigenvalue weighted by Crippen LogP contribution is 2.10. The standard InChI is InChI=1S/C10H21N3O2/c1-8(2)12-10(14)13-15-7-9-3-5-11-6-4-9/h8-9,11H,3-7H2,1-2H3,(H2,12,13,14). The molecule has 0 aromatic carbocycles. The van der Waals surface area contributed by atoms with E-state index in [0.29, 0.717) is 12.5 Å². The molecule has 0 saturated carbocycles. The molecule has 0 atom stereocenters. The topological polar surface area (TPSA) is 62.4 Å². The van der Waals surface area contributed by atoms with Crippen LogP contribution in [0.25, 0.3) is 0 Å². The van der Waals surface area contributed by atoms with Crippen molar-refractivity contribution in [3.05, 3.63) is 0 Å². The summed E-state index contributed by atoms with van der Waals surface area (Å²) in [5.41, 5.74) is 2.39. The summed E-state index contributed by atoms with van der Waals surface area (Å²) in [6, 6.07) is -0.133. The van der Waals surface area contributed by atoms with E-state index in [0.717, 1.165) is 25.9 Å². The summed E-state index contributed by atoms with van der Waals surface area (Å²) < 4.78 is 0. The second-order valence-electron chi connectivity index (χ2n) is 4.23. The van der Waals surface area contributed by atoms with Crippen LogP contribution in [-0.2, 0) is 4.84 Å². The second-order valence-corrected chi connectivity index (χ2v) is 4.23. The van der Waals surface area contributed by atoms with Crippen LogP contribution in [0.1, 0.15) is 26.7 Å². The maximum atomic E-state index is 11.1. The Bertz CT molecular complexity index is 191. The number of rotatable bonds is 4. The lowest BCUT2D eigenvalue weighted by molar-refractivity contribution is 0.0296. The third-order valence-corrected chi connectivity index (χ3v) is 2.36. The van der Waals surface area contributed by atoms with E-state index in [2.05, 4.69) is 16.1 Å². The van der Waals surface area contributed by atoms with E-state index in [1.165, 1.54) is 0 Å². The summed E-state index contributed by atoms with van der Waals surface area (Å²) in [5, 5.41) is 5.98. The molecule has 0 aromatic heterocycles. The Kier molecular flexibility index (Phi) is 5.42. The zero-order chi connectivity index (χ0) is 11.1. The zero-order valence-corrected chi connectivity index (χ0v) is 9.51. The maximum Gasteiger partial charge on any atom is 0.338 e. The molecule has 0 aliphatic carbocycles. The van der Waals surface area contributed by atoms with Gasteiger partial charge in [0.15, 0.2) is 0 Å². The smallest absolute Gasteiger partial charge is 0.334 e. The Labute approximate surface area is 90.9 Å². The Morgan fingerprint density at radius 1 is 1.47 bits per heavy atom. The summed E-state index contributed by atoms with van der Waals surface area (Å²) in [5.74, 6) is 0.561. The highest BCUT2D eigenvalue weighted by Gasteiger charge is 2.13. The molecular weight excluding hydrogens is 194 g/mol. The van der Waals surface area contributed by atoms with Crippen LogP contribution in [-0.4, -0.2) is 31.8 Å². The number of amides is 2. The Morgan fingerprint density at radius 3 is 2.73 bits per heavy atom. The molecule has 88 valence electrons. The van der Waals surface area contributed by atoms with Crippen LogP contribution in [0.5, 0.6) is 0 Å². The van der Waals surface area contributed by atoms with Crippen LogP contribution in [0.15, 0.2) is 0 Å². The third kappa shape index (κ3) is 5.59. The van der Waals surface area contributed by atoms with Crippen molar-refractivity contribution in [3.8, 4) is 0 Å². The fourth-order valence-corrected chi connectivity index (χ4v) is 1.57. The molecule has 1 aliphatic rings. The van der Waals surface area contributed by atoms with Crippen LogP contribution < -0.4 is 16.1 Å². The van der Waals surface area contributed by atoms with Crippen LogP contribution in [0, 0.1) is 5.92 Å². The van der Waals surface area contributed by atoms with Crippen LogP contribution in [0.4, 0.5) is 4.79 Å². The summed E-state index contributed by atoms with van der Waals surface area (Å²) in [7, 11) is 0. The highest BCUT2D eigenvalue weighted by atomic mass is 16.7. The van der Waals surface area contributed by atoms with Gasteiger partial charge in [-0.05, 0) is 45.7 Å². The first kappa shape index (κ1) is 12.3. The minimum atomic E-state index is -0.265. The number of piperidine rings is 1. The zero-order valence-electron chi connectivity index (χ0n) is 9.51. The van der Waals surface area contributed by atoms with E-state index in [4.69, 9.17) is 4.84 Å². The van der Waals surface area contributed by atoms with Gasteiger partial charge in [-0.3, -0.25) is 4.84 Å². The molecule has 0 spiro atoms. The maximum absolute atomic E-state index is 11.1. The fourth-order valence-electron chi connectivity index (χ4n) is 1.57. The molecule has 0 aromatic rings. The molecule has 1 saturated heterocycles. The highest BCUT2D eigenvalue weighted by molar-refractivity contribution is 5.72. The van der Waals surface area contributed by atoms with Gasteiger partial charge in [0.25, 0.3) is 0 Å². The van der Waals surface area contributed by atoms with Gasteiger partial charge in [-0.15, -0.1) is 0 Å². The van der Waals surface area contributed by atoms with Gasteiger partial charge in [0.1, 0.15) is 0 Å². The molecule has 1 fully saturated rings. The van der Waals surface area contributed by atoms with E-state index in [1.54, 1.807) is 0 Å². The molecule has 2 amide bonds. The van der Waals surface area contributed by atoms with E-state index < -0.39 is 0 Å². The lowest BCUT2D eigenvalue weighted by Crippen LogP contribution is -2.40. The SMILES string of the molecule is CC(C)NC(=O)NOCC1CCNCC1. The molecule has 1 aliphatic heterocycles. The monoisotopic (exact) mass is 215 g/mol. The molecule has 0 unspecified atom stereocenters. The third-order valence-electron chi connectivity index (χ3n) is 2.36. The van der Waals surface area contributed by atoms with E-state index >= 15 is 0 Å². The van der Waals surface area contributed by atoms with Crippen LogP contribution >= 0.6 is 0 Å². The van der Waals surface area contributed by atoms with Gasteiger partial charge in [-0.1, -0.05) is 0 Å². The van der Waals surface area contributed by atoms with Crippen molar-refractivity contribution in [1.82, 2.24) is 16.1 Å². The van der Waals surface area contributed by atoms with Crippen molar-refractivity contribution in [1.29, 1.82) is 0 Å². The van der Waals surface area contributed by atoms with Gasteiger partial charge >= 0.3 is 6.03 Å². The Hall–Kier alpha value is -0.810. The summed E-state index contributed by atoms with van der Waals surface area (Å²) in [4.78, 5) is 16.3. The number of carbonyl (C=O) groups excluding carboxylic acids is 1. The number of hydroxylamine groups is 1. The van der Waals surface area contributed by atoms with Gasteiger partial charge in [0, 0.05) is 6.04 Å². The van der Waals surface area contributed by atoms with Crippen molar-refractivity contribution >= 4 is 6.03 Å². The number of urea groups is 1. The summed E-state index contributed by atoms with van der Waals surface area (Å²) in [6.07, 6.45) is 2.24. The van der Waals surface area contributed by atoms with Crippen molar-refractivity contribution in [3.63, 3.8) is 0 Å². The van der Waals surface area contributed by atoms with Crippen molar-refractivity contribution in [2.24, 2.45) is 5.92 Å². The van der Waals surface area contributed by atoms with E-state index in [1.807, 2.05) is 13.8 Å². The first-order valence-corrected chi connectivity index (χ1v) is 5.57. The van der Waals surface area contributed by atoms with Crippen molar-refractivity contribution in [2.45, 2.75) is 32.7 Å². The van der Waals surface area contributed by atoms with Crippen molar-refractivity contribution < 1.29 is 9.63 Å². The van der Waals surface area contributed by atoms with E-state index in [-0.39, 0.29) is 12.1 Å². The van der Waals surface area contributed by atoms with Gasteiger partial charge in [-0.25, -0.2) is 10.3 Å². The van der Waals surface area contributed by atoms with Gasteiger partial charge in [-0.2, -0.15) is 0 Å². The molecule has 1 rings (SSSR count). The quantitative estimate of drug-likeness (QED) is 0.603. The minimum absolute atomic E-state index is 0.132. The largest absolute Gasteiger partial charge is 0.338 e. The molecule has 0 radical (unpaired) electrons. The van der Waals surface area contributed by atoms with Gasteiger partial charge in [0.2, 0.25) is 0 Å². The van der Waals surface area contributed by atoms with Crippen molar-refractivity contribution in [2.75, 3.05) is 19.7 Å². The van der Waals surface area contributed by atoms with Crippen LogP contribution in [0.2, 0.25) is 0 Å². The summed E-state index contributed by atoms with van der Waals surface area (Å²) >= 11 is 0. The van der Waals surface area contributed by atoms with Gasteiger partial charge in [0.05, 0.1) is 6.61 Å². The molecule has 5 nitrogen and oxygen atoms in total. The first-order valence-electron chi connectivity index (χ1n) is 5.57.